The highest BCUT2D eigenvalue weighted by Crippen LogP contribution is 2.19. The average molecular weight is 262 g/mol. The molecule has 0 aliphatic heterocycles. The van der Waals surface area contributed by atoms with E-state index in [0.717, 1.165) is 30.1 Å². The minimum absolute atomic E-state index is 0.269. The predicted octanol–water partition coefficient (Wildman–Crippen LogP) is 2.52. The molecule has 1 unspecified atom stereocenters. The molecule has 0 amide bonds. The molecule has 5 heteroatoms. The van der Waals surface area contributed by atoms with Gasteiger partial charge in [0.15, 0.2) is 0 Å². The molecule has 1 atom stereocenters. The van der Waals surface area contributed by atoms with Gasteiger partial charge in [0.25, 0.3) is 0 Å². The van der Waals surface area contributed by atoms with Crippen LogP contribution in [0.3, 0.4) is 0 Å². The SMILES string of the molecule is CCCNC(Cc1nc(C)cs1)c1ccnnc1. The molecule has 0 aromatic carbocycles. The van der Waals surface area contributed by atoms with E-state index in [2.05, 4.69) is 32.8 Å². The summed E-state index contributed by atoms with van der Waals surface area (Å²) in [7, 11) is 0. The van der Waals surface area contributed by atoms with E-state index in [1.807, 2.05) is 19.2 Å². The van der Waals surface area contributed by atoms with Gasteiger partial charge in [0.2, 0.25) is 0 Å². The molecule has 2 heterocycles. The van der Waals surface area contributed by atoms with Gasteiger partial charge in [0.1, 0.15) is 0 Å². The van der Waals surface area contributed by atoms with E-state index in [4.69, 9.17) is 0 Å². The van der Waals surface area contributed by atoms with Crippen molar-refractivity contribution in [1.29, 1.82) is 0 Å². The molecule has 0 saturated carbocycles. The van der Waals surface area contributed by atoms with Crippen LogP contribution in [0.2, 0.25) is 0 Å². The maximum absolute atomic E-state index is 4.53. The minimum Gasteiger partial charge on any atom is -0.310 e. The van der Waals surface area contributed by atoms with Crippen molar-refractivity contribution in [2.24, 2.45) is 0 Å². The summed E-state index contributed by atoms with van der Waals surface area (Å²) >= 11 is 1.72. The third-order valence-corrected chi connectivity index (χ3v) is 3.68. The number of nitrogens with one attached hydrogen (secondary N) is 1. The van der Waals surface area contributed by atoms with Gasteiger partial charge in [-0.1, -0.05) is 6.92 Å². The fraction of sp³-hybridized carbons (Fsp3) is 0.462. The number of aryl methyl sites for hydroxylation is 1. The molecule has 96 valence electrons. The van der Waals surface area contributed by atoms with E-state index in [-0.39, 0.29) is 6.04 Å². The zero-order chi connectivity index (χ0) is 12.8. The third kappa shape index (κ3) is 3.58. The van der Waals surface area contributed by atoms with E-state index >= 15 is 0 Å². The van der Waals surface area contributed by atoms with Crippen LogP contribution in [0.25, 0.3) is 0 Å². The molecular weight excluding hydrogens is 244 g/mol. The second-order valence-electron chi connectivity index (χ2n) is 4.27. The Balaban J connectivity index is 2.10. The number of aromatic nitrogens is 3. The topological polar surface area (TPSA) is 50.7 Å². The maximum Gasteiger partial charge on any atom is 0.0947 e. The average Bonchev–Trinajstić information content (AvgIpc) is 2.81. The molecule has 0 saturated heterocycles. The van der Waals surface area contributed by atoms with Crippen LogP contribution in [-0.4, -0.2) is 21.7 Å². The van der Waals surface area contributed by atoms with Crippen LogP contribution in [0.1, 0.15) is 35.7 Å². The van der Waals surface area contributed by atoms with Gasteiger partial charge in [0.05, 0.1) is 11.2 Å². The standard InChI is InChI=1S/C13H18N4S/c1-3-5-14-12(11-4-6-15-16-8-11)7-13-17-10(2)9-18-13/h4,6,8-9,12,14H,3,5,7H2,1-2H3. The second kappa shape index (κ2) is 6.56. The van der Waals surface area contributed by atoms with Crippen molar-refractivity contribution in [1.82, 2.24) is 20.5 Å². The Bertz CT molecular complexity index is 469. The van der Waals surface area contributed by atoms with Crippen molar-refractivity contribution >= 4 is 11.3 Å². The zero-order valence-electron chi connectivity index (χ0n) is 10.8. The molecule has 2 rings (SSSR count). The molecule has 0 spiro atoms. The molecule has 0 radical (unpaired) electrons. The third-order valence-electron chi connectivity index (χ3n) is 2.70. The highest BCUT2D eigenvalue weighted by atomic mass is 32.1. The van der Waals surface area contributed by atoms with E-state index in [9.17, 15) is 0 Å². The van der Waals surface area contributed by atoms with Crippen LogP contribution in [-0.2, 0) is 6.42 Å². The summed E-state index contributed by atoms with van der Waals surface area (Å²) in [4.78, 5) is 4.53. The molecule has 0 fully saturated rings. The predicted molar refractivity (Wildman–Crippen MR) is 73.6 cm³/mol. The first-order valence-electron chi connectivity index (χ1n) is 6.20. The number of rotatable bonds is 6. The summed E-state index contributed by atoms with van der Waals surface area (Å²) < 4.78 is 0. The molecular formula is C13H18N4S. The minimum atomic E-state index is 0.269. The van der Waals surface area contributed by atoms with Crippen molar-refractivity contribution < 1.29 is 0 Å². The van der Waals surface area contributed by atoms with Crippen molar-refractivity contribution in [2.45, 2.75) is 32.7 Å². The van der Waals surface area contributed by atoms with Gasteiger partial charge >= 0.3 is 0 Å². The molecule has 1 N–H and O–H groups in total. The van der Waals surface area contributed by atoms with Gasteiger partial charge in [-0.15, -0.1) is 11.3 Å². The molecule has 0 aliphatic carbocycles. The Morgan fingerprint density at radius 2 is 2.28 bits per heavy atom. The number of hydrogen-bond donors (Lipinski definition) is 1. The highest BCUT2D eigenvalue weighted by molar-refractivity contribution is 7.09. The van der Waals surface area contributed by atoms with Crippen molar-refractivity contribution in [2.75, 3.05) is 6.54 Å². The van der Waals surface area contributed by atoms with Crippen LogP contribution in [0.4, 0.5) is 0 Å². The Morgan fingerprint density at radius 1 is 1.39 bits per heavy atom. The monoisotopic (exact) mass is 262 g/mol. The maximum atomic E-state index is 4.53. The Kier molecular flexibility index (Phi) is 4.78. The van der Waals surface area contributed by atoms with Crippen molar-refractivity contribution in [3.63, 3.8) is 0 Å². The molecule has 2 aromatic heterocycles. The summed E-state index contributed by atoms with van der Waals surface area (Å²) in [6, 6.07) is 2.28. The van der Waals surface area contributed by atoms with Gasteiger partial charge in [0, 0.05) is 29.7 Å². The summed E-state index contributed by atoms with van der Waals surface area (Å²) in [6.45, 7) is 5.20. The first-order chi connectivity index (χ1) is 8.79. The smallest absolute Gasteiger partial charge is 0.0947 e. The summed E-state index contributed by atoms with van der Waals surface area (Å²) in [5, 5.41) is 14.6. The van der Waals surface area contributed by atoms with Gasteiger partial charge in [-0.05, 0) is 31.5 Å². The summed E-state index contributed by atoms with van der Waals surface area (Å²) in [6.07, 6.45) is 5.59. The fourth-order valence-corrected chi connectivity index (χ4v) is 2.62. The Labute approximate surface area is 111 Å². The largest absolute Gasteiger partial charge is 0.310 e. The first-order valence-corrected chi connectivity index (χ1v) is 7.08. The molecule has 18 heavy (non-hydrogen) atoms. The van der Waals surface area contributed by atoms with Crippen molar-refractivity contribution in [3.8, 4) is 0 Å². The zero-order valence-corrected chi connectivity index (χ0v) is 11.6. The van der Waals surface area contributed by atoms with E-state index < -0.39 is 0 Å². The number of thiazole rings is 1. The van der Waals surface area contributed by atoms with Crippen LogP contribution >= 0.6 is 11.3 Å². The van der Waals surface area contributed by atoms with Gasteiger partial charge in [-0.2, -0.15) is 10.2 Å². The summed E-state index contributed by atoms with van der Waals surface area (Å²) in [5.41, 5.74) is 2.27. The highest BCUT2D eigenvalue weighted by Gasteiger charge is 2.13. The van der Waals surface area contributed by atoms with Crippen LogP contribution in [0.15, 0.2) is 23.8 Å². The van der Waals surface area contributed by atoms with E-state index in [1.165, 1.54) is 5.56 Å². The van der Waals surface area contributed by atoms with Crippen LogP contribution in [0, 0.1) is 6.92 Å². The number of nitrogens with zero attached hydrogens (tertiary/aromatic N) is 3. The van der Waals surface area contributed by atoms with E-state index in [1.54, 1.807) is 17.5 Å². The fourth-order valence-electron chi connectivity index (χ4n) is 1.80. The van der Waals surface area contributed by atoms with Gasteiger partial charge < -0.3 is 5.32 Å². The summed E-state index contributed by atoms with van der Waals surface area (Å²) in [5.74, 6) is 0. The lowest BCUT2D eigenvalue weighted by Crippen LogP contribution is -2.24. The lowest BCUT2D eigenvalue weighted by molar-refractivity contribution is 0.525. The Morgan fingerprint density at radius 3 is 2.89 bits per heavy atom. The van der Waals surface area contributed by atoms with Crippen LogP contribution in [0.5, 0.6) is 0 Å². The van der Waals surface area contributed by atoms with Crippen molar-refractivity contribution in [3.05, 3.63) is 40.1 Å². The van der Waals surface area contributed by atoms with Gasteiger partial charge in [-0.3, -0.25) is 0 Å². The molecule has 0 aliphatic rings. The molecule has 2 aromatic rings. The molecule has 0 bridgehead atoms. The first kappa shape index (κ1) is 13.1. The number of hydrogen-bond acceptors (Lipinski definition) is 5. The van der Waals surface area contributed by atoms with Crippen LogP contribution < -0.4 is 5.32 Å². The lowest BCUT2D eigenvalue weighted by Gasteiger charge is -2.17. The quantitative estimate of drug-likeness (QED) is 0.869. The van der Waals surface area contributed by atoms with E-state index in [0.29, 0.717) is 0 Å². The normalized spacial score (nSPS) is 12.6. The molecule has 4 nitrogen and oxygen atoms in total. The lowest BCUT2D eigenvalue weighted by atomic mass is 10.1. The second-order valence-corrected chi connectivity index (χ2v) is 5.21. The Hall–Kier alpha value is -1.33. The van der Waals surface area contributed by atoms with Gasteiger partial charge in [-0.25, -0.2) is 4.98 Å².